The zero-order chi connectivity index (χ0) is 10.3. The zero-order valence-electron chi connectivity index (χ0n) is 9.02. The number of imidazole rings is 1. The van der Waals surface area contributed by atoms with Crippen molar-refractivity contribution < 1.29 is 0 Å². The Hall–Kier alpha value is -0.480. The van der Waals surface area contributed by atoms with E-state index in [1.807, 2.05) is 24.3 Å². The van der Waals surface area contributed by atoms with E-state index in [-0.39, 0.29) is 0 Å². The highest BCUT2D eigenvalue weighted by molar-refractivity contribution is 7.99. The standard InChI is InChI=1S/C11H17N3S/c1-8-4-5-15-11(13-8)10-6-12-7-14(10)9-2-3-9/h6-9,11,13H,2-5H2,1H3. The summed E-state index contributed by atoms with van der Waals surface area (Å²) in [4.78, 5) is 4.29. The van der Waals surface area contributed by atoms with Gasteiger partial charge in [0.25, 0.3) is 0 Å². The molecule has 2 fully saturated rings. The highest BCUT2D eigenvalue weighted by Gasteiger charge is 2.29. The second kappa shape index (κ2) is 3.83. The molecule has 0 radical (unpaired) electrons. The van der Waals surface area contributed by atoms with Gasteiger partial charge in [-0.1, -0.05) is 0 Å². The number of hydrogen-bond donors (Lipinski definition) is 1. The maximum Gasteiger partial charge on any atom is 0.0960 e. The molecule has 0 amide bonds. The van der Waals surface area contributed by atoms with E-state index in [2.05, 4.69) is 21.8 Å². The molecule has 1 aliphatic heterocycles. The third-order valence-electron chi connectivity index (χ3n) is 3.18. The van der Waals surface area contributed by atoms with Crippen LogP contribution < -0.4 is 5.32 Å². The van der Waals surface area contributed by atoms with Crippen LogP contribution >= 0.6 is 11.8 Å². The summed E-state index contributed by atoms with van der Waals surface area (Å²) < 4.78 is 2.36. The monoisotopic (exact) mass is 223 g/mol. The van der Waals surface area contributed by atoms with E-state index in [9.17, 15) is 0 Å². The van der Waals surface area contributed by atoms with Crippen molar-refractivity contribution in [3.05, 3.63) is 18.2 Å². The lowest BCUT2D eigenvalue weighted by atomic mass is 10.2. The topological polar surface area (TPSA) is 29.9 Å². The number of nitrogens with one attached hydrogen (secondary N) is 1. The van der Waals surface area contributed by atoms with E-state index in [1.54, 1.807) is 0 Å². The van der Waals surface area contributed by atoms with Crippen molar-refractivity contribution in [1.82, 2.24) is 14.9 Å². The van der Waals surface area contributed by atoms with Crippen LogP contribution in [0.3, 0.4) is 0 Å². The van der Waals surface area contributed by atoms with E-state index >= 15 is 0 Å². The molecule has 0 spiro atoms. The van der Waals surface area contributed by atoms with Gasteiger partial charge in [-0.25, -0.2) is 4.98 Å². The van der Waals surface area contributed by atoms with Gasteiger partial charge in [0.15, 0.2) is 0 Å². The summed E-state index contributed by atoms with van der Waals surface area (Å²) in [6, 6.07) is 1.38. The fourth-order valence-corrected chi connectivity index (χ4v) is 3.51. The van der Waals surface area contributed by atoms with Gasteiger partial charge in [-0.3, -0.25) is 5.32 Å². The minimum absolute atomic E-state index is 0.455. The molecule has 1 aromatic heterocycles. The molecule has 15 heavy (non-hydrogen) atoms. The lowest BCUT2D eigenvalue weighted by Crippen LogP contribution is -2.34. The van der Waals surface area contributed by atoms with Crippen LogP contribution in [0, 0.1) is 0 Å². The lowest BCUT2D eigenvalue weighted by Gasteiger charge is -2.28. The second-order valence-electron chi connectivity index (χ2n) is 4.56. The third-order valence-corrected chi connectivity index (χ3v) is 4.36. The second-order valence-corrected chi connectivity index (χ2v) is 5.78. The summed E-state index contributed by atoms with van der Waals surface area (Å²) in [5.41, 5.74) is 1.37. The lowest BCUT2D eigenvalue weighted by molar-refractivity contribution is 0.494. The number of rotatable bonds is 2. The number of thioether (sulfide) groups is 1. The van der Waals surface area contributed by atoms with Gasteiger partial charge in [-0.15, -0.1) is 11.8 Å². The summed E-state index contributed by atoms with van der Waals surface area (Å²) in [6.07, 6.45) is 7.96. The van der Waals surface area contributed by atoms with Crippen molar-refractivity contribution in [1.29, 1.82) is 0 Å². The molecule has 2 heterocycles. The van der Waals surface area contributed by atoms with Crippen LogP contribution in [0.15, 0.2) is 12.5 Å². The summed E-state index contributed by atoms with van der Waals surface area (Å²) in [7, 11) is 0. The molecular formula is C11H17N3S. The van der Waals surface area contributed by atoms with Crippen molar-refractivity contribution in [2.75, 3.05) is 5.75 Å². The van der Waals surface area contributed by atoms with Crippen LogP contribution in [0.1, 0.15) is 43.3 Å². The van der Waals surface area contributed by atoms with Crippen LogP contribution in [0.4, 0.5) is 0 Å². The highest BCUT2D eigenvalue weighted by Crippen LogP contribution is 2.39. The Labute approximate surface area is 94.7 Å². The van der Waals surface area contributed by atoms with E-state index in [1.165, 1.54) is 30.7 Å². The van der Waals surface area contributed by atoms with Crippen molar-refractivity contribution in [3.63, 3.8) is 0 Å². The van der Waals surface area contributed by atoms with Gasteiger partial charge in [0.1, 0.15) is 0 Å². The minimum Gasteiger partial charge on any atom is -0.329 e. The van der Waals surface area contributed by atoms with Crippen LogP contribution in [-0.2, 0) is 0 Å². The molecule has 1 N–H and O–H groups in total. The molecule has 1 aromatic rings. The molecule has 1 saturated carbocycles. The Morgan fingerprint density at radius 3 is 3.07 bits per heavy atom. The maximum absolute atomic E-state index is 4.29. The van der Waals surface area contributed by atoms with E-state index in [0.717, 1.165) is 6.04 Å². The van der Waals surface area contributed by atoms with Gasteiger partial charge in [-0.2, -0.15) is 0 Å². The Bertz CT molecular complexity index is 345. The average molecular weight is 223 g/mol. The normalized spacial score (nSPS) is 31.8. The van der Waals surface area contributed by atoms with E-state index < -0.39 is 0 Å². The molecule has 1 aliphatic carbocycles. The molecule has 0 aromatic carbocycles. The Morgan fingerprint density at radius 2 is 2.33 bits per heavy atom. The van der Waals surface area contributed by atoms with Gasteiger partial charge in [0, 0.05) is 12.1 Å². The van der Waals surface area contributed by atoms with Crippen molar-refractivity contribution >= 4 is 11.8 Å². The van der Waals surface area contributed by atoms with Crippen molar-refractivity contribution in [2.45, 2.75) is 43.6 Å². The van der Waals surface area contributed by atoms with Gasteiger partial charge in [0.2, 0.25) is 0 Å². The zero-order valence-corrected chi connectivity index (χ0v) is 9.83. The Kier molecular flexibility index (Phi) is 2.48. The summed E-state index contributed by atoms with van der Waals surface area (Å²) in [6.45, 7) is 2.27. The molecular weight excluding hydrogens is 206 g/mol. The molecule has 3 rings (SSSR count). The van der Waals surface area contributed by atoms with Gasteiger partial charge >= 0.3 is 0 Å². The SMILES string of the molecule is CC1CCSC(c2cncn2C2CC2)N1. The van der Waals surface area contributed by atoms with Crippen LogP contribution in [-0.4, -0.2) is 21.3 Å². The molecule has 2 unspecified atom stereocenters. The molecule has 1 saturated heterocycles. The minimum atomic E-state index is 0.455. The predicted molar refractivity (Wildman–Crippen MR) is 62.9 cm³/mol. The number of hydrogen-bond acceptors (Lipinski definition) is 3. The molecule has 0 bridgehead atoms. The maximum atomic E-state index is 4.29. The summed E-state index contributed by atoms with van der Waals surface area (Å²) in [5, 5.41) is 4.10. The van der Waals surface area contributed by atoms with E-state index in [4.69, 9.17) is 0 Å². The highest BCUT2D eigenvalue weighted by atomic mass is 32.2. The summed E-state index contributed by atoms with van der Waals surface area (Å²) >= 11 is 2.01. The average Bonchev–Trinajstić information content (AvgIpc) is 2.96. The number of nitrogens with zero attached hydrogens (tertiary/aromatic N) is 2. The first-order chi connectivity index (χ1) is 7.34. The van der Waals surface area contributed by atoms with Gasteiger partial charge in [0.05, 0.1) is 23.6 Å². The van der Waals surface area contributed by atoms with Crippen LogP contribution in [0.25, 0.3) is 0 Å². The fraction of sp³-hybridized carbons (Fsp3) is 0.727. The smallest absolute Gasteiger partial charge is 0.0960 e. The first-order valence-corrected chi connectivity index (χ1v) is 6.79. The van der Waals surface area contributed by atoms with Crippen LogP contribution in [0.2, 0.25) is 0 Å². The quantitative estimate of drug-likeness (QED) is 0.834. The molecule has 2 atom stereocenters. The predicted octanol–water partition coefficient (Wildman–Crippen LogP) is 2.33. The Balaban J connectivity index is 1.81. The van der Waals surface area contributed by atoms with Crippen LogP contribution in [0.5, 0.6) is 0 Å². The molecule has 4 heteroatoms. The van der Waals surface area contributed by atoms with Crippen molar-refractivity contribution in [2.24, 2.45) is 0 Å². The first kappa shape index (κ1) is 9.73. The van der Waals surface area contributed by atoms with Gasteiger partial charge < -0.3 is 4.57 Å². The third kappa shape index (κ3) is 1.93. The number of aromatic nitrogens is 2. The Morgan fingerprint density at radius 1 is 1.47 bits per heavy atom. The molecule has 82 valence electrons. The van der Waals surface area contributed by atoms with Crippen molar-refractivity contribution in [3.8, 4) is 0 Å². The van der Waals surface area contributed by atoms with E-state index in [0.29, 0.717) is 11.4 Å². The first-order valence-electron chi connectivity index (χ1n) is 5.74. The molecule has 2 aliphatic rings. The van der Waals surface area contributed by atoms with Gasteiger partial charge in [-0.05, 0) is 31.9 Å². The summed E-state index contributed by atoms with van der Waals surface area (Å²) in [5.74, 6) is 1.26. The molecule has 3 nitrogen and oxygen atoms in total. The largest absolute Gasteiger partial charge is 0.329 e. The fourth-order valence-electron chi connectivity index (χ4n) is 2.10.